The molecule has 2 N–H and O–H groups in total. The molecule has 3 heteroatoms. The smallest absolute Gasteiger partial charge is 0.128 e. The molecule has 1 aromatic heterocycles. The van der Waals surface area contributed by atoms with Crippen LogP contribution in [0, 0.1) is 0 Å². The van der Waals surface area contributed by atoms with E-state index in [0.29, 0.717) is 0 Å². The molecule has 2 heterocycles. The number of aromatic nitrogens is 1. The Morgan fingerprint density at radius 3 is 2.44 bits per heavy atom. The van der Waals surface area contributed by atoms with Gasteiger partial charge in [0, 0.05) is 19.3 Å². The molecule has 0 spiro atoms. The number of hydrogen-bond donors (Lipinski definition) is 1. The fourth-order valence-corrected chi connectivity index (χ4v) is 2.55. The third-order valence-corrected chi connectivity index (χ3v) is 3.70. The molecule has 1 aliphatic rings. The maximum absolute atomic E-state index is 6.27. The van der Waals surface area contributed by atoms with Crippen molar-refractivity contribution in [3.8, 4) is 0 Å². The van der Waals surface area contributed by atoms with Gasteiger partial charge in [0.05, 0.1) is 5.54 Å². The van der Waals surface area contributed by atoms with Gasteiger partial charge in [0.15, 0.2) is 0 Å². The molecule has 2 rings (SSSR count). The van der Waals surface area contributed by atoms with Crippen LogP contribution in [0.4, 0.5) is 5.82 Å². The lowest BCUT2D eigenvalue weighted by Crippen LogP contribution is -2.67. The van der Waals surface area contributed by atoms with E-state index in [1.54, 1.807) is 0 Å². The predicted molar refractivity (Wildman–Crippen MR) is 77.0 cm³/mol. The lowest BCUT2D eigenvalue weighted by molar-refractivity contribution is 0.306. The highest BCUT2D eigenvalue weighted by Gasteiger charge is 2.39. The van der Waals surface area contributed by atoms with Crippen molar-refractivity contribution in [1.82, 2.24) is 4.98 Å². The van der Waals surface area contributed by atoms with E-state index >= 15 is 0 Å². The van der Waals surface area contributed by atoms with Crippen LogP contribution >= 0.6 is 0 Å². The second-order valence-corrected chi connectivity index (χ2v) is 6.62. The molecule has 0 unspecified atom stereocenters. The quantitative estimate of drug-likeness (QED) is 0.893. The molecule has 0 saturated carbocycles. The highest BCUT2D eigenvalue weighted by atomic mass is 15.3. The Balaban J connectivity index is 2.01. The summed E-state index contributed by atoms with van der Waals surface area (Å²) in [5.74, 6) is 1.06. The van der Waals surface area contributed by atoms with Crippen LogP contribution in [0.3, 0.4) is 0 Å². The van der Waals surface area contributed by atoms with E-state index < -0.39 is 0 Å². The molecule has 100 valence electrons. The summed E-state index contributed by atoms with van der Waals surface area (Å²) in [5, 5.41) is 0. The van der Waals surface area contributed by atoms with Crippen LogP contribution in [0.5, 0.6) is 0 Å². The number of nitrogens with two attached hydrogens (primary N) is 1. The Bertz CT molecular complexity index is 397. The van der Waals surface area contributed by atoms with Crippen LogP contribution in [0.25, 0.3) is 0 Å². The minimum absolute atomic E-state index is 0.0130. The van der Waals surface area contributed by atoms with Gasteiger partial charge in [0.25, 0.3) is 0 Å². The molecular weight excluding hydrogens is 222 g/mol. The number of nitrogens with zero attached hydrogens (tertiary/aromatic N) is 2. The molecule has 1 aromatic rings. The summed E-state index contributed by atoms with van der Waals surface area (Å²) in [4.78, 5) is 6.83. The molecule has 1 fully saturated rings. The van der Waals surface area contributed by atoms with E-state index in [-0.39, 0.29) is 11.0 Å². The van der Waals surface area contributed by atoms with Gasteiger partial charge >= 0.3 is 0 Å². The summed E-state index contributed by atoms with van der Waals surface area (Å²) in [5.41, 5.74) is 7.73. The van der Waals surface area contributed by atoms with Crippen LogP contribution in [0.2, 0.25) is 0 Å². The summed E-state index contributed by atoms with van der Waals surface area (Å²) in [6.45, 7) is 10.7. The topological polar surface area (TPSA) is 42.1 Å². The van der Waals surface area contributed by atoms with E-state index in [1.807, 2.05) is 6.20 Å². The van der Waals surface area contributed by atoms with Crippen molar-refractivity contribution in [3.05, 3.63) is 23.9 Å². The summed E-state index contributed by atoms with van der Waals surface area (Å²) in [7, 11) is 0. The minimum Gasteiger partial charge on any atom is -0.353 e. The highest BCUT2D eigenvalue weighted by Crippen LogP contribution is 2.29. The first-order valence-corrected chi connectivity index (χ1v) is 6.84. The van der Waals surface area contributed by atoms with Crippen molar-refractivity contribution in [2.24, 2.45) is 5.73 Å². The number of anilines is 1. The first kappa shape index (κ1) is 13.3. The van der Waals surface area contributed by atoms with Gasteiger partial charge in [-0.25, -0.2) is 4.98 Å². The molecule has 18 heavy (non-hydrogen) atoms. The lowest BCUT2D eigenvalue weighted by atomic mass is 9.86. The molecular formula is C15H25N3. The standard InChI is InChI=1S/C15H25N3/c1-5-8-15(16)10-18(11-15)13-7-6-12(9-17-13)14(2,3)4/h6-7,9H,5,8,10-11,16H2,1-4H3. The van der Waals surface area contributed by atoms with E-state index in [0.717, 1.165) is 31.7 Å². The van der Waals surface area contributed by atoms with E-state index in [9.17, 15) is 0 Å². The first-order valence-electron chi connectivity index (χ1n) is 6.84. The highest BCUT2D eigenvalue weighted by molar-refractivity contribution is 5.45. The van der Waals surface area contributed by atoms with Gasteiger partial charge < -0.3 is 10.6 Å². The van der Waals surface area contributed by atoms with E-state index in [1.165, 1.54) is 5.56 Å². The molecule has 3 nitrogen and oxygen atoms in total. The van der Waals surface area contributed by atoms with E-state index in [2.05, 4.69) is 49.7 Å². The van der Waals surface area contributed by atoms with E-state index in [4.69, 9.17) is 5.73 Å². The van der Waals surface area contributed by atoms with Crippen LogP contribution < -0.4 is 10.6 Å². The molecule has 0 aromatic carbocycles. The van der Waals surface area contributed by atoms with Gasteiger partial charge in [-0.2, -0.15) is 0 Å². The second-order valence-electron chi connectivity index (χ2n) is 6.62. The van der Waals surface area contributed by atoms with Gasteiger partial charge in [0.2, 0.25) is 0 Å². The fraction of sp³-hybridized carbons (Fsp3) is 0.667. The van der Waals surface area contributed by atoms with Crippen molar-refractivity contribution in [3.63, 3.8) is 0 Å². The Morgan fingerprint density at radius 1 is 1.33 bits per heavy atom. The summed E-state index contributed by atoms with van der Waals surface area (Å²) in [6, 6.07) is 4.30. The Labute approximate surface area is 110 Å². The Morgan fingerprint density at radius 2 is 2.00 bits per heavy atom. The second kappa shape index (κ2) is 4.54. The molecule has 0 radical (unpaired) electrons. The third-order valence-electron chi connectivity index (χ3n) is 3.70. The largest absolute Gasteiger partial charge is 0.353 e. The first-order chi connectivity index (χ1) is 8.34. The third kappa shape index (κ3) is 2.66. The van der Waals surface area contributed by atoms with Gasteiger partial charge in [-0.3, -0.25) is 0 Å². The van der Waals surface area contributed by atoms with Crippen LogP contribution in [-0.2, 0) is 5.41 Å². The van der Waals surface area contributed by atoms with Crippen molar-refractivity contribution in [2.45, 2.75) is 51.5 Å². The molecule has 0 aliphatic carbocycles. The van der Waals surface area contributed by atoms with Crippen molar-refractivity contribution < 1.29 is 0 Å². The van der Waals surface area contributed by atoms with Crippen LogP contribution in [0.15, 0.2) is 18.3 Å². The molecule has 1 aliphatic heterocycles. The number of hydrogen-bond acceptors (Lipinski definition) is 3. The average molecular weight is 247 g/mol. The van der Waals surface area contributed by atoms with Crippen LogP contribution in [0.1, 0.15) is 46.1 Å². The van der Waals surface area contributed by atoms with Gasteiger partial charge in [-0.15, -0.1) is 0 Å². The van der Waals surface area contributed by atoms with Gasteiger partial charge in [-0.1, -0.05) is 40.2 Å². The Kier molecular flexibility index (Phi) is 3.37. The average Bonchev–Trinajstić information content (AvgIpc) is 2.25. The van der Waals surface area contributed by atoms with Crippen molar-refractivity contribution >= 4 is 5.82 Å². The fourth-order valence-electron chi connectivity index (χ4n) is 2.55. The zero-order valence-electron chi connectivity index (χ0n) is 12.0. The zero-order valence-corrected chi connectivity index (χ0v) is 12.0. The van der Waals surface area contributed by atoms with Gasteiger partial charge in [0.1, 0.15) is 5.82 Å². The maximum Gasteiger partial charge on any atom is 0.128 e. The minimum atomic E-state index is 0.0130. The molecule has 0 amide bonds. The SMILES string of the molecule is CCCC1(N)CN(c2ccc(C(C)(C)C)cn2)C1. The number of rotatable bonds is 3. The normalized spacial score (nSPS) is 18.6. The van der Waals surface area contributed by atoms with Crippen LogP contribution in [-0.4, -0.2) is 23.6 Å². The Hall–Kier alpha value is -1.09. The maximum atomic E-state index is 6.27. The number of pyridine rings is 1. The molecule has 0 atom stereocenters. The molecule has 0 bridgehead atoms. The summed E-state index contributed by atoms with van der Waals surface area (Å²) in [6.07, 6.45) is 4.25. The summed E-state index contributed by atoms with van der Waals surface area (Å²) >= 11 is 0. The monoisotopic (exact) mass is 247 g/mol. The zero-order chi connectivity index (χ0) is 13.4. The molecule has 1 saturated heterocycles. The van der Waals surface area contributed by atoms with Crippen molar-refractivity contribution in [2.75, 3.05) is 18.0 Å². The van der Waals surface area contributed by atoms with Gasteiger partial charge in [-0.05, 0) is 23.5 Å². The lowest BCUT2D eigenvalue weighted by Gasteiger charge is -2.48. The predicted octanol–water partition coefficient (Wildman–Crippen LogP) is 2.70. The van der Waals surface area contributed by atoms with Crippen molar-refractivity contribution in [1.29, 1.82) is 0 Å². The summed E-state index contributed by atoms with van der Waals surface area (Å²) < 4.78 is 0.